The largest absolute Gasteiger partial charge is 0.379 e. The van der Waals surface area contributed by atoms with Gasteiger partial charge in [-0.05, 0) is 36.2 Å². The molecule has 30 heavy (non-hydrogen) atoms. The van der Waals surface area contributed by atoms with E-state index in [1.807, 2.05) is 31.2 Å². The van der Waals surface area contributed by atoms with Gasteiger partial charge in [0.05, 0.1) is 36.4 Å². The van der Waals surface area contributed by atoms with E-state index >= 15 is 0 Å². The number of carbonyl (C=O) groups is 1. The predicted molar refractivity (Wildman–Crippen MR) is 117 cm³/mol. The summed E-state index contributed by atoms with van der Waals surface area (Å²) in [6.45, 7) is 6.83. The van der Waals surface area contributed by atoms with Gasteiger partial charge < -0.3 is 10.1 Å². The number of hydrogen-bond acceptors (Lipinski definition) is 4. The number of rotatable bonds is 6. The first-order valence-corrected chi connectivity index (χ1v) is 10.4. The van der Waals surface area contributed by atoms with Crippen LogP contribution in [0.3, 0.4) is 0 Å². The number of amides is 1. The molecule has 2 aromatic carbocycles. The molecule has 0 spiro atoms. The summed E-state index contributed by atoms with van der Waals surface area (Å²) in [6, 6.07) is 15.8. The molecule has 3 aromatic rings. The average molecular weight is 425 g/mol. The second-order valence-corrected chi connectivity index (χ2v) is 7.86. The van der Waals surface area contributed by atoms with Crippen molar-refractivity contribution in [3.63, 3.8) is 0 Å². The molecule has 6 nitrogen and oxygen atoms in total. The van der Waals surface area contributed by atoms with Crippen molar-refractivity contribution in [3.05, 3.63) is 82.1 Å². The van der Waals surface area contributed by atoms with Crippen molar-refractivity contribution in [2.75, 3.05) is 26.3 Å². The minimum absolute atomic E-state index is 0.141. The van der Waals surface area contributed by atoms with Crippen molar-refractivity contribution in [1.82, 2.24) is 20.0 Å². The standard InChI is InChI=1S/C23H25ClN4O2/c1-17-22(15-26-28(17)21-4-2-3-20(24)13-21)23(29)25-14-18-5-7-19(8-6-18)16-27-9-11-30-12-10-27/h2-8,13,15H,9-12,14,16H2,1H3,(H,25,29). The van der Waals surface area contributed by atoms with Crippen LogP contribution in [0.1, 0.15) is 27.2 Å². The Labute approximate surface area is 181 Å². The molecule has 4 rings (SSSR count). The molecule has 2 heterocycles. The molecule has 156 valence electrons. The Balaban J connectivity index is 1.35. The molecule has 1 aromatic heterocycles. The van der Waals surface area contributed by atoms with Gasteiger partial charge in [-0.15, -0.1) is 0 Å². The molecule has 1 N–H and O–H groups in total. The van der Waals surface area contributed by atoms with Crippen LogP contribution in [0.2, 0.25) is 5.02 Å². The van der Waals surface area contributed by atoms with E-state index in [1.54, 1.807) is 10.9 Å². The Morgan fingerprint density at radius 1 is 1.13 bits per heavy atom. The van der Waals surface area contributed by atoms with E-state index in [1.165, 1.54) is 5.56 Å². The van der Waals surface area contributed by atoms with Crippen molar-refractivity contribution in [1.29, 1.82) is 0 Å². The maximum absolute atomic E-state index is 12.7. The smallest absolute Gasteiger partial charge is 0.255 e. The molecule has 0 radical (unpaired) electrons. The van der Waals surface area contributed by atoms with Crippen molar-refractivity contribution >= 4 is 17.5 Å². The zero-order valence-electron chi connectivity index (χ0n) is 17.0. The summed E-state index contributed by atoms with van der Waals surface area (Å²) in [5.41, 5.74) is 4.49. The van der Waals surface area contributed by atoms with Crippen molar-refractivity contribution in [2.45, 2.75) is 20.0 Å². The maximum atomic E-state index is 12.7. The van der Waals surface area contributed by atoms with E-state index in [9.17, 15) is 4.79 Å². The minimum Gasteiger partial charge on any atom is -0.379 e. The lowest BCUT2D eigenvalue weighted by molar-refractivity contribution is 0.0342. The fraction of sp³-hybridized carbons (Fsp3) is 0.304. The molecular weight excluding hydrogens is 400 g/mol. The van der Waals surface area contributed by atoms with E-state index < -0.39 is 0 Å². The highest BCUT2D eigenvalue weighted by atomic mass is 35.5. The number of nitrogens with zero attached hydrogens (tertiary/aromatic N) is 3. The quantitative estimate of drug-likeness (QED) is 0.656. The Bertz CT molecular complexity index is 1010. The number of carbonyl (C=O) groups excluding carboxylic acids is 1. The topological polar surface area (TPSA) is 59.4 Å². The van der Waals surface area contributed by atoms with Gasteiger partial charge in [0, 0.05) is 31.2 Å². The fourth-order valence-corrected chi connectivity index (χ4v) is 3.74. The predicted octanol–water partition coefficient (Wildman–Crippen LogP) is 3.60. The summed E-state index contributed by atoms with van der Waals surface area (Å²) in [5.74, 6) is -0.141. The van der Waals surface area contributed by atoms with Crippen LogP contribution in [0.5, 0.6) is 0 Å². The Kier molecular flexibility index (Phi) is 6.47. The van der Waals surface area contributed by atoms with Crippen LogP contribution in [0.25, 0.3) is 5.69 Å². The summed E-state index contributed by atoms with van der Waals surface area (Å²) in [7, 11) is 0. The zero-order chi connectivity index (χ0) is 20.9. The van der Waals surface area contributed by atoms with Gasteiger partial charge in [0.2, 0.25) is 0 Å². The lowest BCUT2D eigenvalue weighted by Gasteiger charge is -2.26. The summed E-state index contributed by atoms with van der Waals surface area (Å²) in [6.07, 6.45) is 1.59. The van der Waals surface area contributed by atoms with Gasteiger partial charge in [0.25, 0.3) is 5.91 Å². The van der Waals surface area contributed by atoms with Gasteiger partial charge in [-0.2, -0.15) is 5.10 Å². The molecule has 1 aliphatic heterocycles. The third kappa shape index (κ3) is 4.90. The molecule has 1 amide bonds. The third-order valence-corrected chi connectivity index (χ3v) is 5.53. The Morgan fingerprint density at radius 2 is 1.87 bits per heavy atom. The fourth-order valence-electron chi connectivity index (χ4n) is 3.56. The highest BCUT2D eigenvalue weighted by Gasteiger charge is 2.15. The van der Waals surface area contributed by atoms with Crippen LogP contribution in [0.15, 0.2) is 54.7 Å². The molecule has 0 atom stereocenters. The first-order chi connectivity index (χ1) is 14.6. The Morgan fingerprint density at radius 3 is 2.60 bits per heavy atom. The summed E-state index contributed by atoms with van der Waals surface area (Å²) in [5, 5.41) is 7.97. The van der Waals surface area contributed by atoms with Crippen LogP contribution >= 0.6 is 11.6 Å². The van der Waals surface area contributed by atoms with E-state index in [0.717, 1.165) is 49.8 Å². The zero-order valence-corrected chi connectivity index (χ0v) is 17.7. The SMILES string of the molecule is Cc1c(C(=O)NCc2ccc(CN3CCOCC3)cc2)cnn1-c1cccc(Cl)c1. The highest BCUT2D eigenvalue weighted by Crippen LogP contribution is 2.18. The van der Waals surface area contributed by atoms with Crippen LogP contribution in [-0.2, 0) is 17.8 Å². The molecular formula is C23H25ClN4O2. The van der Waals surface area contributed by atoms with E-state index in [2.05, 4.69) is 39.6 Å². The van der Waals surface area contributed by atoms with Crippen molar-refractivity contribution in [2.24, 2.45) is 0 Å². The molecule has 0 saturated carbocycles. The van der Waals surface area contributed by atoms with E-state index in [-0.39, 0.29) is 5.91 Å². The first-order valence-electron chi connectivity index (χ1n) is 10.1. The van der Waals surface area contributed by atoms with Gasteiger partial charge in [-0.25, -0.2) is 4.68 Å². The molecule has 1 fully saturated rings. The van der Waals surface area contributed by atoms with Crippen molar-refractivity contribution < 1.29 is 9.53 Å². The first kappa shape index (κ1) is 20.6. The maximum Gasteiger partial charge on any atom is 0.255 e. The van der Waals surface area contributed by atoms with Crippen LogP contribution in [0, 0.1) is 6.92 Å². The molecule has 7 heteroatoms. The van der Waals surface area contributed by atoms with E-state index in [0.29, 0.717) is 17.1 Å². The number of ether oxygens (including phenoxy) is 1. The minimum atomic E-state index is -0.141. The normalized spacial score (nSPS) is 14.6. The molecule has 1 aliphatic rings. The van der Waals surface area contributed by atoms with E-state index in [4.69, 9.17) is 16.3 Å². The Hall–Kier alpha value is -2.67. The van der Waals surface area contributed by atoms with Gasteiger partial charge >= 0.3 is 0 Å². The average Bonchev–Trinajstić information content (AvgIpc) is 3.15. The molecule has 0 unspecified atom stereocenters. The number of halogens is 1. The van der Waals surface area contributed by atoms with Crippen LogP contribution < -0.4 is 5.32 Å². The van der Waals surface area contributed by atoms with Gasteiger partial charge in [0.1, 0.15) is 0 Å². The van der Waals surface area contributed by atoms with Crippen LogP contribution in [-0.4, -0.2) is 46.9 Å². The molecule has 1 saturated heterocycles. The van der Waals surface area contributed by atoms with Gasteiger partial charge in [-0.1, -0.05) is 41.9 Å². The van der Waals surface area contributed by atoms with Crippen molar-refractivity contribution in [3.8, 4) is 5.69 Å². The molecule has 0 aliphatic carbocycles. The number of hydrogen-bond donors (Lipinski definition) is 1. The molecule has 0 bridgehead atoms. The number of aromatic nitrogens is 2. The monoisotopic (exact) mass is 424 g/mol. The number of morpholine rings is 1. The van der Waals surface area contributed by atoms with Gasteiger partial charge in [0.15, 0.2) is 0 Å². The summed E-state index contributed by atoms with van der Waals surface area (Å²) < 4.78 is 7.12. The lowest BCUT2D eigenvalue weighted by Crippen LogP contribution is -2.35. The summed E-state index contributed by atoms with van der Waals surface area (Å²) >= 11 is 6.07. The summed E-state index contributed by atoms with van der Waals surface area (Å²) in [4.78, 5) is 15.1. The second-order valence-electron chi connectivity index (χ2n) is 7.42. The third-order valence-electron chi connectivity index (χ3n) is 5.29. The highest BCUT2D eigenvalue weighted by molar-refractivity contribution is 6.30. The number of nitrogens with one attached hydrogen (secondary N) is 1. The number of benzene rings is 2. The lowest BCUT2D eigenvalue weighted by atomic mass is 10.1. The second kappa shape index (κ2) is 9.43. The van der Waals surface area contributed by atoms with Crippen LogP contribution in [0.4, 0.5) is 0 Å². The van der Waals surface area contributed by atoms with Gasteiger partial charge in [-0.3, -0.25) is 9.69 Å².